The van der Waals surface area contributed by atoms with E-state index in [1.807, 2.05) is 5.43 Å². The van der Waals surface area contributed by atoms with Crippen molar-refractivity contribution in [2.45, 2.75) is 6.61 Å². The number of hydrazine groups is 1. The maximum atomic E-state index is 11.4. The van der Waals surface area contributed by atoms with Crippen LogP contribution in [0.15, 0.2) is 42.5 Å². The van der Waals surface area contributed by atoms with Crippen LogP contribution in [0.5, 0.6) is 5.75 Å². The second-order valence-electron chi connectivity index (χ2n) is 4.14. The Labute approximate surface area is 120 Å². The molecule has 0 fully saturated rings. The van der Waals surface area contributed by atoms with Crippen molar-refractivity contribution in [3.63, 3.8) is 0 Å². The number of rotatable bonds is 5. The number of pyridine rings is 1. The van der Waals surface area contributed by atoms with E-state index in [9.17, 15) is 9.59 Å². The minimum Gasteiger partial charge on any atom is -0.486 e. The third-order valence-electron chi connectivity index (χ3n) is 2.70. The van der Waals surface area contributed by atoms with Crippen LogP contribution in [0.4, 0.5) is 0 Å². The molecule has 0 radical (unpaired) electrons. The molecule has 1 aromatic carbocycles. The van der Waals surface area contributed by atoms with E-state index in [-0.39, 0.29) is 17.9 Å². The highest BCUT2D eigenvalue weighted by atomic mass is 16.5. The number of para-hydroxylation sites is 1. The summed E-state index contributed by atoms with van der Waals surface area (Å²) in [6.07, 6.45) is 0. The molecule has 7 nitrogen and oxygen atoms in total. The van der Waals surface area contributed by atoms with Gasteiger partial charge in [0.2, 0.25) is 0 Å². The predicted octanol–water partition coefficient (Wildman–Crippen LogP) is 0.363. The van der Waals surface area contributed by atoms with Gasteiger partial charge in [0, 0.05) is 0 Å². The van der Waals surface area contributed by atoms with Crippen LogP contribution in [0.3, 0.4) is 0 Å². The number of primary amides is 1. The van der Waals surface area contributed by atoms with Crippen LogP contribution in [0.2, 0.25) is 0 Å². The van der Waals surface area contributed by atoms with Gasteiger partial charge in [-0.1, -0.05) is 18.2 Å². The number of amides is 2. The summed E-state index contributed by atoms with van der Waals surface area (Å²) in [5.74, 6) is 4.35. The van der Waals surface area contributed by atoms with E-state index >= 15 is 0 Å². The summed E-state index contributed by atoms with van der Waals surface area (Å²) in [5.41, 5.74) is 8.26. The molecule has 0 atom stereocenters. The Balaban J connectivity index is 2.14. The second-order valence-corrected chi connectivity index (χ2v) is 4.14. The number of carbonyl (C=O) groups is 2. The van der Waals surface area contributed by atoms with Crippen LogP contribution >= 0.6 is 0 Å². The van der Waals surface area contributed by atoms with E-state index in [2.05, 4.69) is 4.98 Å². The van der Waals surface area contributed by atoms with Crippen molar-refractivity contribution in [1.82, 2.24) is 10.4 Å². The van der Waals surface area contributed by atoms with Crippen LogP contribution < -0.4 is 21.7 Å². The fourth-order valence-corrected chi connectivity index (χ4v) is 1.71. The smallest absolute Gasteiger partial charge is 0.283 e. The number of hydrogen-bond acceptors (Lipinski definition) is 5. The Morgan fingerprint density at radius 2 is 1.90 bits per heavy atom. The van der Waals surface area contributed by atoms with Crippen molar-refractivity contribution in [2.75, 3.05) is 0 Å². The first-order chi connectivity index (χ1) is 10.1. The standard InChI is InChI=1S/C14H14N4O3/c15-13(19)10-5-1-2-7-12(10)21-8-9-4-3-6-11(17-9)14(20)18-16/h1-7H,8,16H2,(H2,15,19)(H,18,20). The lowest BCUT2D eigenvalue weighted by Crippen LogP contribution is -2.30. The number of ether oxygens (including phenoxy) is 1. The number of benzene rings is 1. The maximum Gasteiger partial charge on any atom is 0.283 e. The van der Waals surface area contributed by atoms with Gasteiger partial charge < -0.3 is 10.5 Å². The molecule has 0 bridgehead atoms. The average Bonchev–Trinajstić information content (AvgIpc) is 2.52. The topological polar surface area (TPSA) is 120 Å². The molecule has 7 heteroatoms. The fourth-order valence-electron chi connectivity index (χ4n) is 1.71. The molecule has 2 rings (SSSR count). The molecule has 1 aromatic heterocycles. The Morgan fingerprint density at radius 3 is 2.62 bits per heavy atom. The first-order valence-corrected chi connectivity index (χ1v) is 6.10. The molecule has 0 aliphatic rings. The van der Waals surface area contributed by atoms with Gasteiger partial charge in [0.25, 0.3) is 11.8 Å². The number of aromatic nitrogens is 1. The summed E-state index contributed by atoms with van der Waals surface area (Å²) in [5, 5.41) is 0. The van der Waals surface area contributed by atoms with Crippen LogP contribution in [-0.4, -0.2) is 16.8 Å². The Hall–Kier alpha value is -2.93. The molecule has 1 heterocycles. The van der Waals surface area contributed by atoms with Crippen LogP contribution in [0, 0.1) is 0 Å². The van der Waals surface area contributed by atoms with E-state index < -0.39 is 11.8 Å². The van der Waals surface area contributed by atoms with Crippen molar-refractivity contribution in [3.8, 4) is 5.75 Å². The summed E-state index contributed by atoms with van der Waals surface area (Å²) in [4.78, 5) is 26.8. The van der Waals surface area contributed by atoms with Crippen molar-refractivity contribution >= 4 is 11.8 Å². The molecule has 2 amide bonds. The second kappa shape index (κ2) is 6.49. The minimum atomic E-state index is -0.574. The monoisotopic (exact) mass is 286 g/mol. The summed E-state index contributed by atoms with van der Waals surface area (Å²) in [6.45, 7) is 0.0932. The molecular formula is C14H14N4O3. The molecular weight excluding hydrogens is 272 g/mol. The molecule has 2 aromatic rings. The minimum absolute atomic E-state index is 0.0932. The quantitative estimate of drug-likeness (QED) is 0.416. The Morgan fingerprint density at radius 1 is 1.14 bits per heavy atom. The molecule has 21 heavy (non-hydrogen) atoms. The molecule has 0 unspecified atom stereocenters. The predicted molar refractivity (Wildman–Crippen MR) is 75.2 cm³/mol. The summed E-state index contributed by atoms with van der Waals surface area (Å²) in [6, 6.07) is 11.5. The zero-order chi connectivity index (χ0) is 15.2. The zero-order valence-electron chi connectivity index (χ0n) is 11.1. The van der Waals surface area contributed by atoms with E-state index in [4.69, 9.17) is 16.3 Å². The lowest BCUT2D eigenvalue weighted by Gasteiger charge is -2.09. The van der Waals surface area contributed by atoms with Crippen molar-refractivity contribution in [1.29, 1.82) is 0 Å². The van der Waals surface area contributed by atoms with Crippen molar-refractivity contribution in [3.05, 3.63) is 59.4 Å². The number of nitrogens with one attached hydrogen (secondary N) is 1. The maximum absolute atomic E-state index is 11.4. The van der Waals surface area contributed by atoms with Crippen LogP contribution in [-0.2, 0) is 6.61 Å². The van der Waals surface area contributed by atoms with Gasteiger partial charge in [0.1, 0.15) is 18.1 Å². The van der Waals surface area contributed by atoms with Gasteiger partial charge in [-0.3, -0.25) is 15.0 Å². The molecule has 0 aliphatic carbocycles. The summed E-state index contributed by atoms with van der Waals surface area (Å²) >= 11 is 0. The number of nitrogens with two attached hydrogens (primary N) is 2. The molecule has 0 spiro atoms. The van der Waals surface area contributed by atoms with Gasteiger partial charge in [-0.15, -0.1) is 0 Å². The van der Waals surface area contributed by atoms with E-state index in [0.717, 1.165) is 0 Å². The molecule has 108 valence electrons. The summed E-state index contributed by atoms with van der Waals surface area (Å²) in [7, 11) is 0. The van der Waals surface area contributed by atoms with Gasteiger partial charge in [0.05, 0.1) is 11.3 Å². The van der Waals surface area contributed by atoms with E-state index in [1.165, 1.54) is 6.07 Å². The first kappa shape index (κ1) is 14.5. The highest BCUT2D eigenvalue weighted by Gasteiger charge is 2.10. The van der Waals surface area contributed by atoms with Crippen molar-refractivity contribution in [2.24, 2.45) is 11.6 Å². The highest BCUT2D eigenvalue weighted by molar-refractivity contribution is 5.95. The lowest BCUT2D eigenvalue weighted by molar-refractivity contribution is 0.0947. The number of nitrogen functional groups attached to an aromatic ring is 1. The van der Waals surface area contributed by atoms with Crippen LogP contribution in [0.25, 0.3) is 0 Å². The lowest BCUT2D eigenvalue weighted by atomic mass is 10.2. The average molecular weight is 286 g/mol. The van der Waals surface area contributed by atoms with Gasteiger partial charge >= 0.3 is 0 Å². The van der Waals surface area contributed by atoms with Gasteiger partial charge in [-0.2, -0.15) is 0 Å². The zero-order valence-corrected chi connectivity index (χ0v) is 11.1. The number of nitrogens with zero attached hydrogens (tertiary/aromatic N) is 1. The third-order valence-corrected chi connectivity index (χ3v) is 2.70. The first-order valence-electron chi connectivity index (χ1n) is 6.10. The Bertz CT molecular complexity index is 673. The highest BCUT2D eigenvalue weighted by Crippen LogP contribution is 2.18. The third kappa shape index (κ3) is 3.54. The van der Waals surface area contributed by atoms with Crippen LogP contribution in [0.1, 0.15) is 26.5 Å². The van der Waals surface area contributed by atoms with Gasteiger partial charge in [0.15, 0.2) is 0 Å². The normalized spacial score (nSPS) is 9.95. The molecule has 0 saturated carbocycles. The Kier molecular flexibility index (Phi) is 4.47. The fraction of sp³-hybridized carbons (Fsp3) is 0.0714. The summed E-state index contributed by atoms with van der Waals surface area (Å²) < 4.78 is 5.53. The van der Waals surface area contributed by atoms with Gasteiger partial charge in [-0.05, 0) is 24.3 Å². The largest absolute Gasteiger partial charge is 0.486 e. The molecule has 0 saturated heterocycles. The van der Waals surface area contributed by atoms with E-state index in [0.29, 0.717) is 11.4 Å². The molecule has 5 N–H and O–H groups in total. The van der Waals surface area contributed by atoms with Crippen molar-refractivity contribution < 1.29 is 14.3 Å². The van der Waals surface area contributed by atoms with E-state index in [1.54, 1.807) is 36.4 Å². The number of carbonyl (C=O) groups excluding carboxylic acids is 2. The SMILES string of the molecule is NNC(=O)c1cccc(COc2ccccc2C(N)=O)n1. The molecule has 0 aliphatic heterocycles. The number of hydrogen-bond donors (Lipinski definition) is 3. The van der Waals surface area contributed by atoms with Gasteiger partial charge in [-0.25, -0.2) is 10.8 Å².